The third-order valence-corrected chi connectivity index (χ3v) is 4.12. The molecule has 0 aliphatic rings. The molecule has 9 heteroatoms. The maximum atomic E-state index is 13.7. The van der Waals surface area contributed by atoms with Gasteiger partial charge in [-0.1, -0.05) is 16.8 Å². The lowest BCUT2D eigenvalue weighted by atomic mass is 10.2. The summed E-state index contributed by atoms with van der Waals surface area (Å²) in [5.74, 6) is 0.787. The van der Waals surface area contributed by atoms with Crippen LogP contribution in [0, 0.1) is 5.82 Å². The summed E-state index contributed by atoms with van der Waals surface area (Å²) in [4.78, 5) is 16.3. The molecule has 3 rings (SSSR count). The minimum atomic E-state index is -0.602. The van der Waals surface area contributed by atoms with Crippen molar-refractivity contribution in [3.8, 4) is 22.9 Å². The highest BCUT2D eigenvalue weighted by atomic mass is 35.5. The van der Waals surface area contributed by atoms with E-state index in [9.17, 15) is 9.18 Å². The topological polar surface area (TPSA) is 86.5 Å². The van der Waals surface area contributed by atoms with Crippen LogP contribution in [-0.2, 0) is 11.2 Å². The lowest BCUT2D eigenvalue weighted by Crippen LogP contribution is -2.13. The maximum Gasteiger partial charge on any atom is 0.227 e. The molecule has 3 aromatic rings. The molecule has 0 atom stereocenters. The summed E-state index contributed by atoms with van der Waals surface area (Å²) in [5, 5.41) is 6.65. The van der Waals surface area contributed by atoms with Crippen molar-refractivity contribution in [3.05, 3.63) is 53.1 Å². The van der Waals surface area contributed by atoms with Crippen LogP contribution in [-0.4, -0.2) is 30.3 Å². The first-order valence-corrected chi connectivity index (χ1v) is 8.68. The molecule has 0 aliphatic heterocycles. The fraction of sp³-hybridized carbons (Fsp3) is 0.211. The van der Waals surface area contributed by atoms with Crippen molar-refractivity contribution in [3.63, 3.8) is 0 Å². The zero-order valence-electron chi connectivity index (χ0n) is 15.2. The van der Waals surface area contributed by atoms with Crippen molar-refractivity contribution in [2.24, 2.45) is 0 Å². The number of carbonyl (C=O) groups is 1. The Morgan fingerprint density at radius 1 is 1.18 bits per heavy atom. The second-order valence-electron chi connectivity index (χ2n) is 5.75. The number of hydrogen-bond donors (Lipinski definition) is 1. The SMILES string of the molecule is COc1ccc(-c2noc(CCC(=O)Nc3ccc(Cl)cc3F)n2)cc1OC. The van der Waals surface area contributed by atoms with E-state index in [4.69, 9.17) is 25.6 Å². The predicted octanol–water partition coefficient (Wildman–Crippen LogP) is 4.12. The molecule has 0 bridgehead atoms. The summed E-state index contributed by atoms with van der Waals surface area (Å²) in [5.41, 5.74) is 0.742. The number of rotatable bonds is 7. The van der Waals surface area contributed by atoms with Gasteiger partial charge in [-0.2, -0.15) is 4.98 Å². The third-order valence-electron chi connectivity index (χ3n) is 3.88. The van der Waals surface area contributed by atoms with Gasteiger partial charge < -0.3 is 19.3 Å². The molecular weight excluding hydrogens is 389 g/mol. The highest BCUT2D eigenvalue weighted by Gasteiger charge is 2.14. The predicted molar refractivity (Wildman–Crippen MR) is 101 cm³/mol. The van der Waals surface area contributed by atoms with Gasteiger partial charge in [-0.3, -0.25) is 4.79 Å². The average Bonchev–Trinajstić information content (AvgIpc) is 3.17. The van der Waals surface area contributed by atoms with Crippen molar-refractivity contribution in [1.82, 2.24) is 10.1 Å². The van der Waals surface area contributed by atoms with Gasteiger partial charge in [0, 0.05) is 23.4 Å². The normalized spacial score (nSPS) is 10.6. The number of aryl methyl sites for hydroxylation is 1. The van der Waals surface area contributed by atoms with Crippen molar-refractivity contribution in [2.75, 3.05) is 19.5 Å². The number of nitrogens with zero attached hydrogens (tertiary/aromatic N) is 2. The molecule has 28 heavy (non-hydrogen) atoms. The number of nitrogens with one attached hydrogen (secondary N) is 1. The van der Waals surface area contributed by atoms with Crippen LogP contribution >= 0.6 is 11.6 Å². The molecule has 1 aromatic heterocycles. The Labute approximate surface area is 165 Å². The molecule has 146 valence electrons. The first-order chi connectivity index (χ1) is 13.5. The lowest BCUT2D eigenvalue weighted by molar-refractivity contribution is -0.116. The molecule has 0 fully saturated rings. The van der Waals surface area contributed by atoms with Crippen LogP contribution in [0.1, 0.15) is 12.3 Å². The summed E-state index contributed by atoms with van der Waals surface area (Å²) in [6, 6.07) is 9.25. The molecule has 0 saturated heterocycles. The standard InChI is InChI=1S/C19H17ClFN3O4/c1-26-15-6-3-11(9-16(15)27-2)19-23-18(28-24-19)8-7-17(25)22-14-5-4-12(20)10-13(14)21/h3-6,9-10H,7-8H2,1-2H3,(H,22,25). The van der Waals surface area contributed by atoms with Gasteiger partial charge in [0.2, 0.25) is 17.6 Å². The zero-order valence-corrected chi connectivity index (χ0v) is 15.9. The minimum Gasteiger partial charge on any atom is -0.493 e. The number of amides is 1. The van der Waals surface area contributed by atoms with Gasteiger partial charge >= 0.3 is 0 Å². The quantitative estimate of drug-likeness (QED) is 0.636. The van der Waals surface area contributed by atoms with Crippen LogP contribution in [0.4, 0.5) is 10.1 Å². The van der Waals surface area contributed by atoms with Gasteiger partial charge in [0.25, 0.3) is 0 Å². The largest absolute Gasteiger partial charge is 0.493 e. The third kappa shape index (κ3) is 4.58. The molecule has 0 aliphatic carbocycles. The van der Waals surface area contributed by atoms with E-state index in [1.165, 1.54) is 19.2 Å². The van der Waals surface area contributed by atoms with E-state index in [2.05, 4.69) is 15.5 Å². The Balaban J connectivity index is 1.62. The molecular formula is C19H17ClFN3O4. The number of methoxy groups -OCH3 is 2. The van der Waals surface area contributed by atoms with Gasteiger partial charge in [0.05, 0.1) is 19.9 Å². The number of aromatic nitrogens is 2. The van der Waals surface area contributed by atoms with Crippen LogP contribution in [0.25, 0.3) is 11.4 Å². The molecule has 1 amide bonds. The van der Waals surface area contributed by atoms with Gasteiger partial charge in [0.15, 0.2) is 11.5 Å². The molecule has 0 unspecified atom stereocenters. The van der Waals surface area contributed by atoms with Crippen LogP contribution in [0.3, 0.4) is 0 Å². The van der Waals surface area contributed by atoms with E-state index in [1.807, 2.05) is 0 Å². The van der Waals surface area contributed by atoms with Crippen LogP contribution in [0.2, 0.25) is 5.02 Å². The Morgan fingerprint density at radius 2 is 1.96 bits per heavy atom. The zero-order chi connectivity index (χ0) is 20.1. The lowest BCUT2D eigenvalue weighted by Gasteiger charge is -2.07. The summed E-state index contributed by atoms with van der Waals surface area (Å²) in [6.07, 6.45) is 0.261. The monoisotopic (exact) mass is 405 g/mol. The number of ether oxygens (including phenoxy) is 2. The van der Waals surface area contributed by atoms with E-state index in [1.54, 1.807) is 25.3 Å². The summed E-state index contributed by atoms with van der Waals surface area (Å²) < 4.78 is 29.4. The molecule has 2 aromatic carbocycles. The Bertz CT molecular complexity index is 993. The van der Waals surface area contributed by atoms with E-state index in [0.29, 0.717) is 22.9 Å². The van der Waals surface area contributed by atoms with Crippen molar-refractivity contribution < 1.29 is 23.2 Å². The second kappa shape index (κ2) is 8.71. The highest BCUT2D eigenvalue weighted by molar-refractivity contribution is 6.30. The van der Waals surface area contributed by atoms with Gasteiger partial charge in [0.1, 0.15) is 5.82 Å². The summed E-state index contributed by atoms with van der Waals surface area (Å²) in [6.45, 7) is 0. The van der Waals surface area contributed by atoms with Crippen molar-refractivity contribution in [1.29, 1.82) is 0 Å². The van der Waals surface area contributed by atoms with E-state index < -0.39 is 5.82 Å². The number of halogens is 2. The minimum absolute atomic E-state index is 0.0512. The fourth-order valence-electron chi connectivity index (χ4n) is 2.47. The summed E-state index contributed by atoms with van der Waals surface area (Å²) in [7, 11) is 3.08. The molecule has 7 nitrogen and oxygen atoms in total. The second-order valence-corrected chi connectivity index (χ2v) is 6.19. The van der Waals surface area contributed by atoms with Gasteiger partial charge in [-0.05, 0) is 36.4 Å². The average molecular weight is 406 g/mol. The number of anilines is 1. The molecule has 0 spiro atoms. The Hall–Kier alpha value is -3.13. The van der Waals surface area contributed by atoms with Crippen molar-refractivity contribution >= 4 is 23.2 Å². The molecule has 1 heterocycles. The number of carbonyl (C=O) groups excluding carboxylic acids is 1. The maximum absolute atomic E-state index is 13.7. The molecule has 0 radical (unpaired) electrons. The number of benzene rings is 2. The summed E-state index contributed by atoms with van der Waals surface area (Å²) >= 11 is 5.69. The number of hydrogen-bond acceptors (Lipinski definition) is 6. The molecule has 1 N–H and O–H groups in total. The molecule has 0 saturated carbocycles. The Morgan fingerprint density at radius 3 is 2.68 bits per heavy atom. The first-order valence-electron chi connectivity index (χ1n) is 8.30. The van der Waals surface area contributed by atoms with E-state index >= 15 is 0 Å². The van der Waals surface area contributed by atoms with Crippen LogP contribution < -0.4 is 14.8 Å². The first kappa shape index (κ1) is 19.6. The van der Waals surface area contributed by atoms with Gasteiger partial charge in [-0.25, -0.2) is 4.39 Å². The van der Waals surface area contributed by atoms with Crippen molar-refractivity contribution in [2.45, 2.75) is 12.8 Å². The van der Waals surface area contributed by atoms with E-state index in [-0.39, 0.29) is 35.3 Å². The smallest absolute Gasteiger partial charge is 0.227 e. The fourth-order valence-corrected chi connectivity index (χ4v) is 2.63. The van der Waals surface area contributed by atoms with Crippen LogP contribution in [0.15, 0.2) is 40.9 Å². The Kier molecular flexibility index (Phi) is 6.10. The highest BCUT2D eigenvalue weighted by Crippen LogP contribution is 2.31. The van der Waals surface area contributed by atoms with E-state index in [0.717, 1.165) is 6.07 Å². The van der Waals surface area contributed by atoms with Crippen LogP contribution in [0.5, 0.6) is 11.5 Å². The van der Waals surface area contributed by atoms with Gasteiger partial charge in [-0.15, -0.1) is 0 Å².